The predicted octanol–water partition coefficient (Wildman–Crippen LogP) is 3.81. The van der Waals surface area contributed by atoms with Crippen LogP contribution in [0.1, 0.15) is 67.6 Å². The van der Waals surface area contributed by atoms with Crippen LogP contribution in [-0.2, 0) is 4.79 Å². The van der Waals surface area contributed by atoms with E-state index in [1.807, 2.05) is 26.0 Å². The minimum atomic E-state index is -1.03. The van der Waals surface area contributed by atoms with Crippen molar-refractivity contribution >= 4 is 22.8 Å². The first-order valence-corrected chi connectivity index (χ1v) is 13.6. The molecule has 3 aromatic rings. The predicted molar refractivity (Wildman–Crippen MR) is 145 cm³/mol. The number of ether oxygens (including phenoxy) is 1. The Bertz CT molecular complexity index is 1350. The third-order valence-corrected chi connectivity index (χ3v) is 7.77. The molecule has 5 rings (SSSR count). The Morgan fingerprint density at radius 1 is 1.16 bits per heavy atom. The summed E-state index contributed by atoms with van der Waals surface area (Å²) in [6, 6.07) is 6.07. The first-order chi connectivity index (χ1) is 18.2. The van der Waals surface area contributed by atoms with E-state index in [-0.39, 0.29) is 29.8 Å². The SMILES string of the molecule is Cc1ccc(OCC2CC2)c(-c2ncnc3c(C(=O)NC4CCC(NC(=O)[C@H](C)O)C(C)C4)c(C)[nH]c23)c1. The van der Waals surface area contributed by atoms with Crippen molar-refractivity contribution in [3.05, 3.63) is 41.3 Å². The first-order valence-electron chi connectivity index (χ1n) is 13.6. The number of aromatic amines is 1. The molecule has 3 unspecified atom stereocenters. The van der Waals surface area contributed by atoms with Gasteiger partial charge in [-0.3, -0.25) is 9.59 Å². The van der Waals surface area contributed by atoms with Crippen molar-refractivity contribution in [2.45, 2.75) is 78.0 Å². The van der Waals surface area contributed by atoms with E-state index in [0.29, 0.717) is 23.6 Å². The van der Waals surface area contributed by atoms with Crippen LogP contribution >= 0.6 is 0 Å². The molecule has 0 spiro atoms. The number of hydrogen-bond acceptors (Lipinski definition) is 6. The van der Waals surface area contributed by atoms with Gasteiger partial charge in [0.2, 0.25) is 5.91 Å². The molecule has 2 aliphatic rings. The van der Waals surface area contributed by atoms with E-state index >= 15 is 0 Å². The molecule has 4 atom stereocenters. The molecule has 2 fully saturated rings. The topological polar surface area (TPSA) is 129 Å². The molecule has 0 saturated heterocycles. The van der Waals surface area contributed by atoms with Gasteiger partial charge in [0.25, 0.3) is 5.91 Å². The van der Waals surface area contributed by atoms with Gasteiger partial charge in [-0.05, 0) is 76.8 Å². The summed E-state index contributed by atoms with van der Waals surface area (Å²) < 4.78 is 6.17. The molecule has 1 aromatic carbocycles. The largest absolute Gasteiger partial charge is 0.493 e. The van der Waals surface area contributed by atoms with Crippen molar-refractivity contribution in [1.82, 2.24) is 25.6 Å². The van der Waals surface area contributed by atoms with Gasteiger partial charge < -0.3 is 25.5 Å². The van der Waals surface area contributed by atoms with Crippen LogP contribution in [-0.4, -0.2) is 56.7 Å². The number of aliphatic hydroxyl groups excluding tert-OH is 1. The zero-order valence-electron chi connectivity index (χ0n) is 22.5. The maximum Gasteiger partial charge on any atom is 0.255 e. The standard InChI is InChI=1S/C29H37N5O4/c1-15-5-10-23(38-13-19-6-7-19)21(11-15)25-27-26(31-14-30-25)24(17(3)32-27)29(37)33-20-8-9-22(16(2)12-20)34-28(36)18(4)35/h5,10-11,14,16,18-20,22,32,35H,6-9,12-13H2,1-4H3,(H,33,37)(H,34,36)/t16?,18-,20?,22?/m0/s1. The van der Waals surface area contributed by atoms with Gasteiger partial charge in [-0.15, -0.1) is 0 Å². The summed E-state index contributed by atoms with van der Waals surface area (Å²) in [5.74, 6) is 1.06. The van der Waals surface area contributed by atoms with Crippen LogP contribution in [0.4, 0.5) is 0 Å². The Balaban J connectivity index is 1.36. The lowest BCUT2D eigenvalue weighted by Gasteiger charge is -2.35. The van der Waals surface area contributed by atoms with Gasteiger partial charge in [-0.2, -0.15) is 0 Å². The third kappa shape index (κ3) is 5.53. The van der Waals surface area contributed by atoms with Crippen molar-refractivity contribution < 1.29 is 19.4 Å². The third-order valence-electron chi connectivity index (χ3n) is 7.77. The van der Waals surface area contributed by atoms with Gasteiger partial charge >= 0.3 is 0 Å². The number of aryl methyl sites for hydroxylation is 2. The molecule has 9 nitrogen and oxygen atoms in total. The van der Waals surface area contributed by atoms with Gasteiger partial charge in [0.15, 0.2) is 0 Å². The van der Waals surface area contributed by atoms with Crippen LogP contribution < -0.4 is 15.4 Å². The maximum absolute atomic E-state index is 13.5. The average Bonchev–Trinajstić information content (AvgIpc) is 3.64. The molecule has 9 heteroatoms. The van der Waals surface area contributed by atoms with E-state index in [0.717, 1.165) is 53.0 Å². The van der Waals surface area contributed by atoms with Crippen LogP contribution in [0.2, 0.25) is 0 Å². The summed E-state index contributed by atoms with van der Waals surface area (Å²) in [6.45, 7) is 8.14. The summed E-state index contributed by atoms with van der Waals surface area (Å²) in [6.07, 6.45) is 5.12. The van der Waals surface area contributed by atoms with Gasteiger partial charge in [0.1, 0.15) is 29.4 Å². The number of amides is 2. The number of carbonyl (C=O) groups is 2. The highest BCUT2D eigenvalue weighted by Crippen LogP contribution is 2.37. The maximum atomic E-state index is 13.5. The number of benzene rings is 1. The molecule has 2 aromatic heterocycles. The summed E-state index contributed by atoms with van der Waals surface area (Å²) in [7, 11) is 0. The van der Waals surface area contributed by atoms with Crippen LogP contribution in [0.25, 0.3) is 22.3 Å². The van der Waals surface area contributed by atoms with Crippen molar-refractivity contribution in [2.75, 3.05) is 6.61 Å². The average molecular weight is 520 g/mol. The Morgan fingerprint density at radius 2 is 1.95 bits per heavy atom. The number of nitrogens with zero attached hydrogens (tertiary/aromatic N) is 2. The number of carbonyl (C=O) groups excluding carboxylic acids is 2. The molecule has 0 radical (unpaired) electrons. The molecular weight excluding hydrogens is 482 g/mol. The van der Waals surface area contributed by atoms with Crippen LogP contribution in [0.15, 0.2) is 24.5 Å². The minimum Gasteiger partial charge on any atom is -0.493 e. The number of fused-ring (bicyclic) bond motifs is 1. The van der Waals surface area contributed by atoms with E-state index in [4.69, 9.17) is 4.74 Å². The molecule has 0 aliphatic heterocycles. The van der Waals surface area contributed by atoms with E-state index in [2.05, 4.69) is 38.6 Å². The second-order valence-corrected chi connectivity index (χ2v) is 11.1. The molecule has 4 N–H and O–H groups in total. The zero-order valence-corrected chi connectivity index (χ0v) is 22.5. The number of aromatic nitrogens is 3. The number of nitrogens with one attached hydrogen (secondary N) is 3. The number of rotatable bonds is 8. The highest BCUT2D eigenvalue weighted by atomic mass is 16.5. The Hall–Kier alpha value is -3.46. The summed E-state index contributed by atoms with van der Waals surface area (Å²) in [5.41, 5.74) is 5.26. The highest BCUT2D eigenvalue weighted by molar-refractivity contribution is 6.09. The smallest absolute Gasteiger partial charge is 0.255 e. The van der Waals surface area contributed by atoms with Crippen molar-refractivity contribution in [3.63, 3.8) is 0 Å². The fourth-order valence-corrected chi connectivity index (χ4v) is 5.35. The Kier molecular flexibility index (Phi) is 7.38. The monoisotopic (exact) mass is 519 g/mol. The van der Waals surface area contributed by atoms with Crippen LogP contribution in [0.3, 0.4) is 0 Å². The lowest BCUT2D eigenvalue weighted by atomic mass is 9.82. The second-order valence-electron chi connectivity index (χ2n) is 11.1. The van der Waals surface area contributed by atoms with Crippen molar-refractivity contribution in [3.8, 4) is 17.0 Å². The molecule has 38 heavy (non-hydrogen) atoms. The van der Waals surface area contributed by atoms with E-state index in [1.165, 1.54) is 26.1 Å². The number of aliphatic hydroxyl groups is 1. The lowest BCUT2D eigenvalue weighted by Crippen LogP contribution is -2.49. The van der Waals surface area contributed by atoms with Crippen molar-refractivity contribution in [1.29, 1.82) is 0 Å². The van der Waals surface area contributed by atoms with Crippen molar-refractivity contribution in [2.24, 2.45) is 11.8 Å². The number of H-pyrrole nitrogens is 1. The molecule has 2 amide bonds. The molecule has 2 heterocycles. The van der Waals surface area contributed by atoms with Gasteiger partial charge in [-0.1, -0.05) is 18.6 Å². The quantitative estimate of drug-likeness (QED) is 0.358. The molecule has 202 valence electrons. The zero-order chi connectivity index (χ0) is 27.0. The minimum absolute atomic E-state index is 0.0120. The Labute approximate surface area is 222 Å². The summed E-state index contributed by atoms with van der Waals surface area (Å²) >= 11 is 0. The molecule has 0 bridgehead atoms. The lowest BCUT2D eigenvalue weighted by molar-refractivity contribution is -0.129. The normalized spacial score (nSPS) is 22.2. The highest BCUT2D eigenvalue weighted by Gasteiger charge is 2.31. The first kappa shape index (κ1) is 26.2. The van der Waals surface area contributed by atoms with Gasteiger partial charge in [0.05, 0.1) is 17.7 Å². The van der Waals surface area contributed by atoms with Gasteiger partial charge in [-0.25, -0.2) is 9.97 Å². The van der Waals surface area contributed by atoms with Gasteiger partial charge in [0, 0.05) is 23.3 Å². The van der Waals surface area contributed by atoms with Crippen LogP contribution in [0.5, 0.6) is 5.75 Å². The van der Waals surface area contributed by atoms with E-state index in [9.17, 15) is 14.7 Å². The fourth-order valence-electron chi connectivity index (χ4n) is 5.35. The Morgan fingerprint density at radius 3 is 2.66 bits per heavy atom. The van der Waals surface area contributed by atoms with E-state index < -0.39 is 6.10 Å². The second kappa shape index (κ2) is 10.7. The number of hydrogen-bond donors (Lipinski definition) is 4. The molecular formula is C29H37N5O4. The van der Waals surface area contributed by atoms with E-state index in [1.54, 1.807) is 0 Å². The fraction of sp³-hybridized carbons (Fsp3) is 0.517. The molecule has 2 saturated carbocycles. The summed E-state index contributed by atoms with van der Waals surface area (Å²) in [5, 5.41) is 15.6. The summed E-state index contributed by atoms with van der Waals surface area (Å²) in [4.78, 5) is 37.9. The molecule has 2 aliphatic carbocycles. The van der Waals surface area contributed by atoms with Crippen LogP contribution in [0, 0.1) is 25.7 Å².